The van der Waals surface area contributed by atoms with Crippen LogP contribution in [-0.4, -0.2) is 70.5 Å². The maximum absolute atomic E-state index is 14.9. The van der Waals surface area contributed by atoms with Gasteiger partial charge in [-0.3, -0.25) is 10.2 Å². The van der Waals surface area contributed by atoms with Gasteiger partial charge in [-0.25, -0.2) is 19.0 Å². The number of piperazine rings is 1. The summed E-state index contributed by atoms with van der Waals surface area (Å²) in [4.78, 5) is 33.6. The molecule has 1 fully saturated rings. The van der Waals surface area contributed by atoms with Crippen molar-refractivity contribution in [2.45, 2.75) is 71.8 Å². The zero-order valence-electron chi connectivity index (χ0n) is 25.0. The van der Waals surface area contributed by atoms with Gasteiger partial charge in [0.1, 0.15) is 22.8 Å². The molecule has 232 valence electrons. The van der Waals surface area contributed by atoms with Gasteiger partial charge in [-0.2, -0.15) is 0 Å². The Bertz CT molecular complexity index is 1570. The van der Waals surface area contributed by atoms with Crippen molar-refractivity contribution in [2.24, 2.45) is 0 Å². The lowest BCUT2D eigenvalue weighted by molar-refractivity contribution is -0.00194. The molecule has 0 spiro atoms. The molecule has 1 aromatic heterocycles. The van der Waals surface area contributed by atoms with Crippen LogP contribution in [0, 0.1) is 5.82 Å². The van der Waals surface area contributed by atoms with Crippen LogP contribution < -0.4 is 10.1 Å². The van der Waals surface area contributed by atoms with E-state index in [4.69, 9.17) is 37.4 Å². The number of nitrogens with zero attached hydrogens (tertiary/aromatic N) is 3. The van der Waals surface area contributed by atoms with Crippen LogP contribution in [0.1, 0.15) is 53.5 Å². The molecule has 1 N–H and O–H groups in total. The first kappa shape index (κ1) is 31.6. The van der Waals surface area contributed by atoms with Crippen molar-refractivity contribution in [2.75, 3.05) is 31.6 Å². The highest BCUT2D eigenvalue weighted by molar-refractivity contribution is 7.22. The molecule has 9 nitrogen and oxygen atoms in total. The van der Waals surface area contributed by atoms with E-state index in [0.717, 1.165) is 16.9 Å². The van der Waals surface area contributed by atoms with Crippen LogP contribution in [0.3, 0.4) is 0 Å². The van der Waals surface area contributed by atoms with E-state index in [1.54, 1.807) is 31.7 Å². The Morgan fingerprint density at radius 2 is 1.84 bits per heavy atom. The Labute approximate surface area is 264 Å². The molecule has 0 unspecified atom stereocenters. The number of fused-ring (bicyclic) bond motifs is 3. The van der Waals surface area contributed by atoms with Crippen LogP contribution in [0.4, 0.5) is 19.1 Å². The molecule has 0 saturated carbocycles. The van der Waals surface area contributed by atoms with E-state index in [2.05, 4.69) is 15.2 Å². The number of hydrogen-bond donors (Lipinski definition) is 1. The number of carbonyl (C=O) groups is 2. The molecular weight excluding hydrogens is 618 g/mol. The van der Waals surface area contributed by atoms with Gasteiger partial charge in [-0.1, -0.05) is 34.5 Å². The molecule has 2 amide bonds. The Morgan fingerprint density at radius 1 is 1.12 bits per heavy atom. The van der Waals surface area contributed by atoms with Crippen molar-refractivity contribution in [1.82, 2.24) is 14.8 Å². The molecule has 2 aliphatic rings. The Kier molecular flexibility index (Phi) is 8.74. The number of halogens is 3. The maximum Gasteiger partial charge on any atom is 0.413 e. The topological polar surface area (TPSA) is 93.2 Å². The second-order valence-electron chi connectivity index (χ2n) is 12.6. The van der Waals surface area contributed by atoms with Crippen molar-refractivity contribution in [3.8, 4) is 16.9 Å². The second-order valence-corrected chi connectivity index (χ2v) is 14.4. The molecule has 5 rings (SSSR count). The van der Waals surface area contributed by atoms with Gasteiger partial charge in [0, 0.05) is 48.9 Å². The summed E-state index contributed by atoms with van der Waals surface area (Å²) < 4.78 is 32.3. The first-order chi connectivity index (χ1) is 20.1. The van der Waals surface area contributed by atoms with E-state index < -0.39 is 23.1 Å². The number of thiazole rings is 1. The van der Waals surface area contributed by atoms with Crippen LogP contribution in [0.5, 0.6) is 5.75 Å². The molecule has 0 aliphatic carbocycles. The summed E-state index contributed by atoms with van der Waals surface area (Å²) in [6.07, 6.45) is -0.327. The van der Waals surface area contributed by atoms with Gasteiger partial charge in [0.25, 0.3) is 0 Å². The quantitative estimate of drug-likeness (QED) is 0.300. The molecule has 1 saturated heterocycles. The van der Waals surface area contributed by atoms with Crippen molar-refractivity contribution in [1.29, 1.82) is 0 Å². The van der Waals surface area contributed by atoms with Gasteiger partial charge in [0.15, 0.2) is 5.13 Å². The van der Waals surface area contributed by atoms with E-state index in [-0.39, 0.29) is 22.0 Å². The van der Waals surface area contributed by atoms with Crippen LogP contribution in [0.25, 0.3) is 21.3 Å². The fourth-order valence-electron chi connectivity index (χ4n) is 5.18. The SMILES string of the molecule is CC(C)(C)OC(=O)Nc1nc2c(-c3c(Cl)cc4c(c3Cl)OCC[C@@H]3CN(C(=O)OC(C)(C)C)CCN3C4)ccc(F)c2s1. The van der Waals surface area contributed by atoms with E-state index in [1.807, 2.05) is 26.8 Å². The predicted molar refractivity (Wildman–Crippen MR) is 167 cm³/mol. The zero-order chi connectivity index (χ0) is 31.3. The zero-order valence-corrected chi connectivity index (χ0v) is 27.3. The van der Waals surface area contributed by atoms with E-state index in [0.29, 0.717) is 71.6 Å². The molecule has 13 heteroatoms. The minimum Gasteiger partial charge on any atom is -0.492 e. The molecule has 3 aromatic rings. The number of ether oxygens (including phenoxy) is 3. The molecule has 43 heavy (non-hydrogen) atoms. The minimum atomic E-state index is -0.704. The Morgan fingerprint density at radius 3 is 2.53 bits per heavy atom. The number of anilines is 1. The molecule has 2 aliphatic heterocycles. The average Bonchev–Trinajstić information content (AvgIpc) is 3.28. The van der Waals surface area contributed by atoms with Gasteiger partial charge in [-0.05, 0) is 66.2 Å². The molecule has 0 bridgehead atoms. The lowest BCUT2D eigenvalue weighted by Crippen LogP contribution is -2.55. The molecule has 1 atom stereocenters. The van der Waals surface area contributed by atoms with Crippen LogP contribution in [0.15, 0.2) is 18.2 Å². The third kappa shape index (κ3) is 7.11. The fourth-order valence-corrected chi connectivity index (χ4v) is 6.81. The largest absolute Gasteiger partial charge is 0.492 e. The highest BCUT2D eigenvalue weighted by atomic mass is 35.5. The summed E-state index contributed by atoms with van der Waals surface area (Å²) in [5, 5.41) is 3.43. The third-order valence-corrected chi connectivity index (χ3v) is 8.59. The summed E-state index contributed by atoms with van der Waals surface area (Å²) in [7, 11) is 0. The first-order valence-electron chi connectivity index (χ1n) is 14.0. The van der Waals surface area contributed by atoms with E-state index >= 15 is 0 Å². The van der Waals surface area contributed by atoms with Gasteiger partial charge < -0.3 is 19.1 Å². The van der Waals surface area contributed by atoms with Gasteiger partial charge in [-0.15, -0.1) is 0 Å². The first-order valence-corrected chi connectivity index (χ1v) is 15.6. The Hall–Kier alpha value is -2.86. The number of nitrogens with one attached hydrogen (secondary N) is 1. The predicted octanol–water partition coefficient (Wildman–Crippen LogP) is 7.96. The summed E-state index contributed by atoms with van der Waals surface area (Å²) in [5.74, 6) is 0.0219. The monoisotopic (exact) mass is 652 g/mol. The van der Waals surface area contributed by atoms with E-state index in [1.165, 1.54) is 6.07 Å². The van der Waals surface area contributed by atoms with Crippen LogP contribution in [-0.2, 0) is 16.0 Å². The van der Waals surface area contributed by atoms with Crippen LogP contribution in [0.2, 0.25) is 10.0 Å². The average molecular weight is 654 g/mol. The lowest BCUT2D eigenvalue weighted by Gasteiger charge is -2.42. The molecule has 3 heterocycles. The van der Waals surface area contributed by atoms with Crippen molar-refractivity contribution < 1.29 is 28.2 Å². The minimum absolute atomic E-state index is 0.0780. The third-order valence-electron chi connectivity index (χ3n) is 6.95. The number of amides is 2. The maximum atomic E-state index is 14.9. The summed E-state index contributed by atoms with van der Waals surface area (Å²) in [5.41, 5.74) is 0.838. The normalized spacial score (nSPS) is 17.8. The standard InChI is InChI=1S/C30H35Cl2FN4O5S/c1-29(2,3)41-27(38)35-26-34-23-18(7-8-20(33)25(23)43-26)21-19(31)13-16-14-36-10-11-37(28(39)42-30(4,5)6)15-17(36)9-12-40-24(16)22(21)32/h7-8,13,17H,9-12,14-15H2,1-6H3,(H,34,35,38)/t17-/m1/s1. The molecule has 2 aromatic carbocycles. The Balaban J connectivity index is 1.43. The smallest absolute Gasteiger partial charge is 0.413 e. The number of rotatable bonds is 2. The summed E-state index contributed by atoms with van der Waals surface area (Å²) >= 11 is 14.8. The fraction of sp³-hybridized carbons (Fsp3) is 0.500. The summed E-state index contributed by atoms with van der Waals surface area (Å²) in [6, 6.07) is 4.80. The molecular formula is C30H35Cl2FN4O5S. The van der Waals surface area contributed by atoms with Crippen molar-refractivity contribution in [3.63, 3.8) is 0 Å². The second kappa shape index (κ2) is 11.9. The summed E-state index contributed by atoms with van der Waals surface area (Å²) in [6.45, 7) is 13.4. The number of benzene rings is 2. The number of aromatic nitrogens is 1. The van der Waals surface area contributed by atoms with Gasteiger partial charge >= 0.3 is 12.2 Å². The lowest BCUT2D eigenvalue weighted by atomic mass is 9.99. The number of carbonyl (C=O) groups excluding carboxylic acids is 2. The number of hydrogen-bond acceptors (Lipinski definition) is 8. The van der Waals surface area contributed by atoms with Crippen LogP contribution >= 0.6 is 34.5 Å². The highest BCUT2D eigenvalue weighted by Gasteiger charge is 2.34. The van der Waals surface area contributed by atoms with Gasteiger partial charge in [0.05, 0.1) is 26.9 Å². The highest BCUT2D eigenvalue weighted by Crippen LogP contribution is 2.47. The molecule has 0 radical (unpaired) electrons. The van der Waals surface area contributed by atoms with Gasteiger partial charge in [0.2, 0.25) is 0 Å². The van der Waals surface area contributed by atoms with Crippen molar-refractivity contribution in [3.05, 3.63) is 39.6 Å². The van der Waals surface area contributed by atoms with Crippen molar-refractivity contribution >= 4 is 62.1 Å². The van der Waals surface area contributed by atoms with E-state index in [9.17, 15) is 14.0 Å².